The zero-order valence-corrected chi connectivity index (χ0v) is 13.3. The van der Waals surface area contributed by atoms with Crippen LogP contribution in [0.5, 0.6) is 0 Å². The summed E-state index contributed by atoms with van der Waals surface area (Å²) >= 11 is 0. The third-order valence-corrected chi connectivity index (χ3v) is 3.62. The van der Waals surface area contributed by atoms with E-state index in [9.17, 15) is 4.79 Å². The Bertz CT molecular complexity index is 595. The zero-order valence-electron chi connectivity index (χ0n) is 13.3. The van der Waals surface area contributed by atoms with Crippen LogP contribution in [-0.4, -0.2) is 28.9 Å². The summed E-state index contributed by atoms with van der Waals surface area (Å²) in [6.45, 7) is 4.97. The lowest BCUT2D eigenvalue weighted by molar-refractivity contribution is 0.0631. The Hall–Kier alpha value is -2.14. The Morgan fingerprint density at radius 2 is 2.23 bits per heavy atom. The van der Waals surface area contributed by atoms with Gasteiger partial charge in [-0.05, 0) is 37.1 Å². The molecule has 22 heavy (non-hydrogen) atoms. The molecule has 0 aromatic carbocycles. The number of aromatic nitrogens is 1. The van der Waals surface area contributed by atoms with Gasteiger partial charge in [-0.2, -0.15) is 0 Å². The quantitative estimate of drug-likeness (QED) is 0.787. The van der Waals surface area contributed by atoms with Crippen LogP contribution in [0.25, 0.3) is 0 Å². The summed E-state index contributed by atoms with van der Waals surface area (Å²) in [7, 11) is 1.60. The van der Waals surface area contributed by atoms with Gasteiger partial charge >= 0.3 is 0 Å². The van der Waals surface area contributed by atoms with Crippen LogP contribution in [-0.2, 0) is 17.9 Å². The van der Waals surface area contributed by atoms with E-state index in [1.54, 1.807) is 31.6 Å². The van der Waals surface area contributed by atoms with E-state index in [4.69, 9.17) is 9.15 Å². The molecule has 0 aliphatic rings. The number of ether oxygens (including phenoxy) is 1. The zero-order chi connectivity index (χ0) is 15.9. The fraction of sp³-hybridized carbons (Fsp3) is 0.412. The van der Waals surface area contributed by atoms with Crippen molar-refractivity contribution in [1.82, 2.24) is 9.88 Å². The Balaban J connectivity index is 2.18. The van der Waals surface area contributed by atoms with Crippen molar-refractivity contribution >= 4 is 5.91 Å². The molecule has 0 unspecified atom stereocenters. The van der Waals surface area contributed by atoms with Gasteiger partial charge in [0.1, 0.15) is 12.4 Å². The molecule has 0 fully saturated rings. The maximum absolute atomic E-state index is 12.7. The summed E-state index contributed by atoms with van der Waals surface area (Å²) in [5.74, 6) is 0.883. The third-order valence-electron chi connectivity index (χ3n) is 3.62. The van der Waals surface area contributed by atoms with Crippen molar-refractivity contribution in [2.45, 2.75) is 39.5 Å². The fourth-order valence-electron chi connectivity index (χ4n) is 2.19. The number of carbonyl (C=O) groups is 1. The number of furan rings is 1. The second-order valence-corrected chi connectivity index (χ2v) is 5.25. The predicted molar refractivity (Wildman–Crippen MR) is 83.3 cm³/mol. The molecule has 2 rings (SSSR count). The van der Waals surface area contributed by atoms with Gasteiger partial charge in [0.05, 0.1) is 0 Å². The van der Waals surface area contributed by atoms with Crippen LogP contribution >= 0.6 is 0 Å². The lowest BCUT2D eigenvalue weighted by Gasteiger charge is -2.27. The van der Waals surface area contributed by atoms with E-state index in [1.807, 2.05) is 24.0 Å². The topological polar surface area (TPSA) is 55.6 Å². The molecule has 0 aliphatic heterocycles. The number of hydrogen-bond donors (Lipinski definition) is 0. The first kappa shape index (κ1) is 16.2. The third kappa shape index (κ3) is 3.95. The van der Waals surface area contributed by atoms with Crippen LogP contribution in [0.15, 0.2) is 41.1 Å². The fourth-order valence-corrected chi connectivity index (χ4v) is 2.19. The summed E-state index contributed by atoms with van der Waals surface area (Å²) in [5, 5.41) is 0. The SMILES string of the molecule is CC[C@@H](C)N(Cc1cccnc1)C(=O)c1ccc(COC)o1. The van der Waals surface area contributed by atoms with Crippen LogP contribution in [0.1, 0.15) is 42.1 Å². The van der Waals surface area contributed by atoms with Crippen LogP contribution < -0.4 is 0 Å². The second-order valence-electron chi connectivity index (χ2n) is 5.25. The Kier molecular flexibility index (Phi) is 5.72. The summed E-state index contributed by atoms with van der Waals surface area (Å²) in [5.41, 5.74) is 1.000. The molecular formula is C17H22N2O3. The van der Waals surface area contributed by atoms with Crippen LogP contribution in [0.4, 0.5) is 0 Å². The first-order chi connectivity index (χ1) is 10.7. The highest BCUT2D eigenvalue weighted by molar-refractivity contribution is 5.91. The van der Waals surface area contributed by atoms with E-state index < -0.39 is 0 Å². The molecule has 1 atom stereocenters. The molecule has 0 saturated heterocycles. The normalized spacial score (nSPS) is 12.1. The van der Waals surface area contributed by atoms with E-state index in [2.05, 4.69) is 11.9 Å². The number of rotatable bonds is 7. The average Bonchev–Trinajstić information content (AvgIpc) is 3.01. The maximum atomic E-state index is 12.7. The molecule has 0 N–H and O–H groups in total. The Labute approximate surface area is 130 Å². The van der Waals surface area contributed by atoms with Gasteiger partial charge in [0, 0.05) is 32.1 Å². The highest BCUT2D eigenvalue weighted by Gasteiger charge is 2.23. The predicted octanol–water partition coefficient (Wildman–Crippen LogP) is 3.26. The Morgan fingerprint density at radius 1 is 1.41 bits per heavy atom. The first-order valence-corrected chi connectivity index (χ1v) is 7.43. The van der Waals surface area contributed by atoms with Gasteiger partial charge in [0.2, 0.25) is 0 Å². The van der Waals surface area contributed by atoms with Gasteiger partial charge in [0.25, 0.3) is 5.91 Å². The minimum Gasteiger partial charge on any atom is -0.453 e. The number of pyridine rings is 1. The number of carbonyl (C=O) groups excluding carboxylic acids is 1. The molecule has 2 aromatic heterocycles. The van der Waals surface area contributed by atoms with Gasteiger partial charge in [-0.3, -0.25) is 9.78 Å². The number of hydrogen-bond acceptors (Lipinski definition) is 4. The first-order valence-electron chi connectivity index (χ1n) is 7.43. The second kappa shape index (κ2) is 7.75. The molecule has 1 amide bonds. The van der Waals surface area contributed by atoms with Crippen molar-refractivity contribution in [2.75, 3.05) is 7.11 Å². The molecular weight excluding hydrogens is 280 g/mol. The van der Waals surface area contributed by atoms with Crippen molar-refractivity contribution in [3.05, 3.63) is 53.7 Å². The molecule has 0 bridgehead atoms. The number of nitrogens with zero attached hydrogens (tertiary/aromatic N) is 2. The largest absolute Gasteiger partial charge is 0.453 e. The van der Waals surface area contributed by atoms with Gasteiger partial charge in [-0.15, -0.1) is 0 Å². The van der Waals surface area contributed by atoms with Crippen molar-refractivity contribution in [1.29, 1.82) is 0 Å². The standard InChI is InChI=1S/C17H22N2O3/c1-4-13(2)19(11-14-6-5-9-18-10-14)17(20)16-8-7-15(22-16)12-21-3/h5-10,13H,4,11-12H2,1-3H3/t13-/m1/s1. The Morgan fingerprint density at radius 3 is 2.86 bits per heavy atom. The molecule has 118 valence electrons. The molecule has 5 heteroatoms. The minimum absolute atomic E-state index is 0.111. The molecule has 5 nitrogen and oxygen atoms in total. The summed E-state index contributed by atoms with van der Waals surface area (Å²) < 4.78 is 10.6. The summed E-state index contributed by atoms with van der Waals surface area (Å²) in [6.07, 6.45) is 4.38. The van der Waals surface area contributed by atoms with Gasteiger partial charge in [-0.1, -0.05) is 13.0 Å². The smallest absolute Gasteiger partial charge is 0.290 e. The summed E-state index contributed by atoms with van der Waals surface area (Å²) in [4.78, 5) is 18.7. The molecule has 2 heterocycles. The van der Waals surface area contributed by atoms with Crippen molar-refractivity contribution < 1.29 is 13.9 Å². The van der Waals surface area contributed by atoms with Gasteiger partial charge < -0.3 is 14.1 Å². The molecule has 0 radical (unpaired) electrons. The number of amides is 1. The van der Waals surface area contributed by atoms with E-state index in [-0.39, 0.29) is 11.9 Å². The lowest BCUT2D eigenvalue weighted by atomic mass is 10.1. The van der Waals surface area contributed by atoms with Crippen molar-refractivity contribution in [3.63, 3.8) is 0 Å². The van der Waals surface area contributed by atoms with E-state index in [0.29, 0.717) is 24.7 Å². The highest BCUT2D eigenvalue weighted by Crippen LogP contribution is 2.17. The lowest BCUT2D eigenvalue weighted by Crippen LogP contribution is -2.37. The minimum atomic E-state index is -0.111. The van der Waals surface area contributed by atoms with Gasteiger partial charge in [0.15, 0.2) is 5.76 Å². The van der Waals surface area contributed by atoms with E-state index in [0.717, 1.165) is 12.0 Å². The molecule has 2 aromatic rings. The van der Waals surface area contributed by atoms with Crippen molar-refractivity contribution in [3.8, 4) is 0 Å². The highest BCUT2D eigenvalue weighted by atomic mass is 16.5. The monoisotopic (exact) mass is 302 g/mol. The molecule has 0 saturated carbocycles. The van der Waals surface area contributed by atoms with Gasteiger partial charge in [-0.25, -0.2) is 0 Å². The summed E-state index contributed by atoms with van der Waals surface area (Å²) in [6, 6.07) is 7.43. The van der Waals surface area contributed by atoms with Crippen molar-refractivity contribution in [2.24, 2.45) is 0 Å². The maximum Gasteiger partial charge on any atom is 0.290 e. The van der Waals surface area contributed by atoms with E-state index >= 15 is 0 Å². The van der Waals surface area contributed by atoms with Crippen LogP contribution in [0.2, 0.25) is 0 Å². The van der Waals surface area contributed by atoms with Crippen LogP contribution in [0, 0.1) is 0 Å². The molecule has 0 aliphatic carbocycles. The number of methoxy groups -OCH3 is 1. The van der Waals surface area contributed by atoms with Crippen LogP contribution in [0.3, 0.4) is 0 Å². The average molecular weight is 302 g/mol. The molecule has 0 spiro atoms. The van der Waals surface area contributed by atoms with E-state index in [1.165, 1.54) is 0 Å².